The Kier molecular flexibility index (Phi) is 5.01. The van der Waals surface area contributed by atoms with Gasteiger partial charge in [0.05, 0.1) is 0 Å². The number of aromatic hydroxyl groups is 1. The predicted molar refractivity (Wildman–Crippen MR) is 101 cm³/mol. The highest BCUT2D eigenvalue weighted by Gasteiger charge is 2.19. The summed E-state index contributed by atoms with van der Waals surface area (Å²) in [5, 5.41) is 22.2. The molecule has 4 N–H and O–H groups in total. The molecule has 3 aromatic carbocycles. The van der Waals surface area contributed by atoms with Gasteiger partial charge in [-0.05, 0) is 65.6 Å². The van der Waals surface area contributed by atoms with Crippen molar-refractivity contribution in [2.75, 3.05) is 0 Å². The number of benzene rings is 3. The first-order chi connectivity index (χ1) is 12.8. The summed E-state index contributed by atoms with van der Waals surface area (Å²) in [5.41, 5.74) is 8.31. The predicted octanol–water partition coefficient (Wildman–Crippen LogP) is 5.06. The highest BCUT2D eigenvalue weighted by Crippen LogP contribution is 2.39. The van der Waals surface area contributed by atoms with Gasteiger partial charge in [0.25, 0.3) is 0 Å². The number of nitrogens with two attached hydrogens (primary N) is 1. The van der Waals surface area contributed by atoms with E-state index in [0.717, 1.165) is 18.2 Å². The third-order valence-corrected chi connectivity index (χ3v) is 4.36. The maximum Gasteiger partial charge on any atom is 0.170 e. The van der Waals surface area contributed by atoms with Crippen molar-refractivity contribution in [2.45, 2.75) is 6.92 Å². The van der Waals surface area contributed by atoms with Gasteiger partial charge in [0.15, 0.2) is 5.84 Å². The molecular weight excluding hydrogens is 374 g/mol. The van der Waals surface area contributed by atoms with E-state index in [9.17, 15) is 13.9 Å². The number of rotatable bonds is 3. The summed E-state index contributed by atoms with van der Waals surface area (Å²) >= 11 is 6.20. The average molecular weight is 389 g/mol. The van der Waals surface area contributed by atoms with Crippen molar-refractivity contribution in [1.29, 1.82) is 0 Å². The summed E-state index contributed by atoms with van der Waals surface area (Å²) in [6.07, 6.45) is 0. The Morgan fingerprint density at radius 3 is 2.26 bits per heavy atom. The topological polar surface area (TPSA) is 78.8 Å². The molecule has 0 saturated heterocycles. The summed E-state index contributed by atoms with van der Waals surface area (Å²) in [4.78, 5) is 0. The van der Waals surface area contributed by atoms with E-state index in [1.807, 2.05) is 0 Å². The molecule has 0 fully saturated rings. The first-order valence-electron chi connectivity index (χ1n) is 7.88. The van der Waals surface area contributed by atoms with Crippen molar-refractivity contribution >= 4 is 17.4 Å². The zero-order chi connectivity index (χ0) is 19.7. The molecule has 0 amide bonds. The molecule has 0 aliphatic carbocycles. The zero-order valence-electron chi connectivity index (χ0n) is 14.2. The van der Waals surface area contributed by atoms with E-state index < -0.39 is 11.6 Å². The third kappa shape index (κ3) is 3.71. The summed E-state index contributed by atoms with van der Waals surface area (Å²) < 4.78 is 27.7. The van der Waals surface area contributed by atoms with Crippen molar-refractivity contribution in [3.05, 3.63) is 76.3 Å². The summed E-state index contributed by atoms with van der Waals surface area (Å²) in [6, 6.07) is 11.0. The highest BCUT2D eigenvalue weighted by atomic mass is 35.5. The lowest BCUT2D eigenvalue weighted by atomic mass is 9.89. The average Bonchev–Trinajstić information content (AvgIpc) is 2.61. The van der Waals surface area contributed by atoms with Gasteiger partial charge in [-0.15, -0.1) is 0 Å². The Labute approximate surface area is 159 Å². The van der Waals surface area contributed by atoms with E-state index in [0.29, 0.717) is 22.3 Å². The minimum absolute atomic E-state index is 0.107. The second-order valence-corrected chi connectivity index (χ2v) is 6.46. The van der Waals surface area contributed by atoms with E-state index >= 15 is 0 Å². The fourth-order valence-electron chi connectivity index (χ4n) is 2.92. The molecule has 138 valence electrons. The first kappa shape index (κ1) is 18.7. The number of aryl methyl sites for hydroxylation is 1. The Morgan fingerprint density at radius 1 is 1.00 bits per heavy atom. The first-order valence-corrected chi connectivity index (χ1v) is 8.26. The van der Waals surface area contributed by atoms with Gasteiger partial charge in [-0.25, -0.2) is 8.78 Å². The van der Waals surface area contributed by atoms with Crippen LogP contribution in [0, 0.1) is 18.6 Å². The minimum Gasteiger partial charge on any atom is -0.508 e. The molecule has 0 bridgehead atoms. The molecule has 0 aromatic heterocycles. The van der Waals surface area contributed by atoms with Crippen LogP contribution in [0.15, 0.2) is 53.7 Å². The lowest BCUT2D eigenvalue weighted by Crippen LogP contribution is -2.15. The quantitative estimate of drug-likeness (QED) is 0.254. The lowest BCUT2D eigenvalue weighted by Gasteiger charge is -2.17. The summed E-state index contributed by atoms with van der Waals surface area (Å²) in [6.45, 7) is 1.72. The fourth-order valence-corrected chi connectivity index (χ4v) is 3.14. The number of hydrogen-bond donors (Lipinski definition) is 3. The Balaban J connectivity index is 2.42. The van der Waals surface area contributed by atoms with E-state index in [-0.39, 0.29) is 27.7 Å². The van der Waals surface area contributed by atoms with Crippen molar-refractivity contribution in [3.63, 3.8) is 0 Å². The zero-order valence-corrected chi connectivity index (χ0v) is 14.9. The molecule has 3 rings (SSSR count). The Hall–Kier alpha value is -3.12. The fraction of sp³-hybridized carbons (Fsp3) is 0.0500. The molecule has 0 aliphatic rings. The number of halogens is 3. The van der Waals surface area contributed by atoms with Crippen molar-refractivity contribution in [2.24, 2.45) is 10.9 Å². The van der Waals surface area contributed by atoms with E-state index in [1.165, 1.54) is 12.1 Å². The second kappa shape index (κ2) is 7.25. The van der Waals surface area contributed by atoms with Crippen LogP contribution in [0.4, 0.5) is 8.78 Å². The Morgan fingerprint density at radius 2 is 1.67 bits per heavy atom. The highest BCUT2D eigenvalue weighted by molar-refractivity contribution is 6.31. The van der Waals surface area contributed by atoms with Crippen LogP contribution in [0.1, 0.15) is 11.1 Å². The molecule has 0 atom stereocenters. The van der Waals surface area contributed by atoms with Crippen LogP contribution in [0.2, 0.25) is 5.02 Å². The summed E-state index contributed by atoms with van der Waals surface area (Å²) in [5.74, 6) is -1.68. The van der Waals surface area contributed by atoms with Crippen LogP contribution in [0.5, 0.6) is 5.75 Å². The standard InChI is InChI=1S/C20H15ClF2N2O2/c1-10-4-11(2-3-18(10)26)16-7-13(21)8-17(20(24)25-27)19(16)12-5-14(22)9-15(23)6-12/h2-9,26-27H,1H3,(H2,24,25). The number of phenolic OH excluding ortho intramolecular Hbond substituents is 1. The van der Waals surface area contributed by atoms with Crippen LogP contribution >= 0.6 is 11.6 Å². The minimum atomic E-state index is -0.766. The van der Waals surface area contributed by atoms with Gasteiger partial charge >= 0.3 is 0 Å². The molecular formula is C20H15ClF2N2O2. The molecule has 0 spiro atoms. The van der Waals surface area contributed by atoms with Gasteiger partial charge in [-0.2, -0.15) is 0 Å². The van der Waals surface area contributed by atoms with Crippen LogP contribution in [0.3, 0.4) is 0 Å². The maximum atomic E-state index is 13.8. The van der Waals surface area contributed by atoms with Gasteiger partial charge in [-0.1, -0.05) is 22.8 Å². The molecule has 0 radical (unpaired) electrons. The number of nitrogens with zero attached hydrogens (tertiary/aromatic N) is 1. The number of hydrogen-bond acceptors (Lipinski definition) is 3. The third-order valence-electron chi connectivity index (χ3n) is 4.15. The van der Waals surface area contributed by atoms with E-state index in [1.54, 1.807) is 25.1 Å². The number of amidine groups is 1. The van der Waals surface area contributed by atoms with E-state index in [4.69, 9.17) is 22.5 Å². The monoisotopic (exact) mass is 388 g/mol. The largest absolute Gasteiger partial charge is 0.508 e. The SMILES string of the molecule is Cc1cc(-c2cc(Cl)cc(C(N)=NO)c2-c2cc(F)cc(F)c2)ccc1O. The molecule has 27 heavy (non-hydrogen) atoms. The molecule has 0 unspecified atom stereocenters. The second-order valence-electron chi connectivity index (χ2n) is 6.02. The number of oxime groups is 1. The van der Waals surface area contributed by atoms with Crippen molar-refractivity contribution < 1.29 is 19.1 Å². The molecule has 0 saturated carbocycles. The van der Waals surface area contributed by atoms with Crippen LogP contribution in [-0.2, 0) is 0 Å². The molecule has 0 aliphatic heterocycles. The van der Waals surface area contributed by atoms with Gasteiger partial charge in [0.1, 0.15) is 17.4 Å². The Bertz CT molecular complexity index is 1050. The lowest BCUT2D eigenvalue weighted by molar-refractivity contribution is 0.318. The van der Waals surface area contributed by atoms with Crippen LogP contribution in [-0.4, -0.2) is 16.1 Å². The molecule has 7 heteroatoms. The van der Waals surface area contributed by atoms with Gasteiger partial charge in [0.2, 0.25) is 0 Å². The van der Waals surface area contributed by atoms with Crippen LogP contribution < -0.4 is 5.73 Å². The number of phenols is 1. The smallest absolute Gasteiger partial charge is 0.170 e. The van der Waals surface area contributed by atoms with Crippen molar-refractivity contribution in [3.8, 4) is 28.0 Å². The van der Waals surface area contributed by atoms with Crippen molar-refractivity contribution in [1.82, 2.24) is 0 Å². The normalized spacial score (nSPS) is 11.6. The van der Waals surface area contributed by atoms with Gasteiger partial charge in [-0.3, -0.25) is 0 Å². The van der Waals surface area contributed by atoms with Crippen LogP contribution in [0.25, 0.3) is 22.3 Å². The van der Waals surface area contributed by atoms with Gasteiger partial charge < -0.3 is 16.0 Å². The maximum absolute atomic E-state index is 13.8. The molecule has 3 aromatic rings. The summed E-state index contributed by atoms with van der Waals surface area (Å²) in [7, 11) is 0. The molecule has 4 nitrogen and oxygen atoms in total. The van der Waals surface area contributed by atoms with Gasteiger partial charge in [0, 0.05) is 22.2 Å². The molecule has 0 heterocycles. The van der Waals surface area contributed by atoms with E-state index in [2.05, 4.69) is 5.16 Å².